The molecule has 1 heterocycles. The van der Waals surface area contributed by atoms with Crippen LogP contribution >= 0.6 is 0 Å². The smallest absolute Gasteiger partial charge is 0.361 e. The fourth-order valence-electron chi connectivity index (χ4n) is 2.39. The van der Waals surface area contributed by atoms with Gasteiger partial charge in [-0.15, -0.1) is 0 Å². The van der Waals surface area contributed by atoms with E-state index in [0.29, 0.717) is 19.5 Å². The highest BCUT2D eigenvalue weighted by molar-refractivity contribution is 5.82. The molecule has 0 unspecified atom stereocenters. The predicted octanol–water partition coefficient (Wildman–Crippen LogP) is 3.14. The number of H-pyrrole nitrogens is 1. The van der Waals surface area contributed by atoms with E-state index in [2.05, 4.69) is 16.4 Å². The van der Waals surface area contributed by atoms with Crippen molar-refractivity contribution in [3.8, 4) is 0 Å². The van der Waals surface area contributed by atoms with Gasteiger partial charge in [0.2, 0.25) is 0 Å². The zero-order chi connectivity index (χ0) is 15.3. The molecule has 2 aromatic rings. The Morgan fingerprint density at radius 2 is 2.05 bits per heavy atom. The molecule has 0 fully saturated rings. The van der Waals surface area contributed by atoms with Gasteiger partial charge in [0.05, 0.1) is 6.54 Å². The minimum atomic E-state index is -4.12. The molecule has 0 radical (unpaired) electrons. The molecular formula is C15H20F3N3. The molecule has 0 aliphatic heterocycles. The van der Waals surface area contributed by atoms with Gasteiger partial charge in [-0.1, -0.05) is 12.1 Å². The largest absolute Gasteiger partial charge is 0.401 e. The second-order valence-electron chi connectivity index (χ2n) is 5.24. The van der Waals surface area contributed by atoms with E-state index in [0.717, 1.165) is 12.1 Å². The van der Waals surface area contributed by atoms with Crippen LogP contribution in [0.5, 0.6) is 0 Å². The SMILES string of the molecule is CN(CCCNCc1cccc2[nH]ccc12)CC(F)(F)F. The molecule has 2 N–H and O–H groups in total. The fraction of sp³-hybridized carbons (Fsp3) is 0.467. The number of aromatic nitrogens is 1. The Morgan fingerprint density at radius 1 is 1.24 bits per heavy atom. The number of rotatable bonds is 7. The maximum Gasteiger partial charge on any atom is 0.401 e. The van der Waals surface area contributed by atoms with Gasteiger partial charge in [-0.05, 0) is 44.3 Å². The first-order chi connectivity index (χ1) is 9.96. The fourth-order valence-corrected chi connectivity index (χ4v) is 2.39. The van der Waals surface area contributed by atoms with Crippen LogP contribution in [-0.4, -0.2) is 42.7 Å². The van der Waals surface area contributed by atoms with Crippen LogP contribution in [0.1, 0.15) is 12.0 Å². The summed E-state index contributed by atoms with van der Waals surface area (Å²) < 4.78 is 36.5. The molecule has 3 nitrogen and oxygen atoms in total. The number of nitrogens with one attached hydrogen (secondary N) is 2. The molecular weight excluding hydrogens is 279 g/mol. The van der Waals surface area contributed by atoms with Crippen LogP contribution in [-0.2, 0) is 6.54 Å². The number of halogens is 3. The Balaban J connectivity index is 1.69. The molecule has 6 heteroatoms. The maximum atomic E-state index is 12.2. The van der Waals surface area contributed by atoms with Gasteiger partial charge >= 0.3 is 6.18 Å². The number of aromatic amines is 1. The number of alkyl halides is 3. The zero-order valence-electron chi connectivity index (χ0n) is 12.0. The number of hydrogen-bond donors (Lipinski definition) is 2. The second-order valence-corrected chi connectivity index (χ2v) is 5.24. The molecule has 1 aromatic heterocycles. The zero-order valence-corrected chi connectivity index (χ0v) is 12.0. The Morgan fingerprint density at radius 3 is 2.81 bits per heavy atom. The minimum absolute atomic E-state index is 0.431. The van der Waals surface area contributed by atoms with Crippen molar-refractivity contribution < 1.29 is 13.2 Å². The van der Waals surface area contributed by atoms with Gasteiger partial charge in [-0.25, -0.2) is 0 Å². The molecule has 0 aliphatic rings. The summed E-state index contributed by atoms with van der Waals surface area (Å²) in [5.74, 6) is 0. The average molecular weight is 299 g/mol. The van der Waals surface area contributed by atoms with Crippen LogP contribution in [0.15, 0.2) is 30.5 Å². The third-order valence-corrected chi connectivity index (χ3v) is 3.34. The van der Waals surface area contributed by atoms with Crippen molar-refractivity contribution >= 4 is 10.9 Å². The lowest BCUT2D eigenvalue weighted by atomic mass is 10.1. The highest BCUT2D eigenvalue weighted by Gasteiger charge is 2.28. The summed E-state index contributed by atoms with van der Waals surface area (Å²) in [6, 6.07) is 8.10. The van der Waals surface area contributed by atoms with Gasteiger partial charge in [-0.2, -0.15) is 13.2 Å². The molecule has 116 valence electrons. The van der Waals surface area contributed by atoms with Gasteiger partial charge < -0.3 is 10.3 Å². The lowest BCUT2D eigenvalue weighted by Crippen LogP contribution is -2.32. The second kappa shape index (κ2) is 6.95. The van der Waals surface area contributed by atoms with Crippen LogP contribution in [0, 0.1) is 0 Å². The average Bonchev–Trinajstić information content (AvgIpc) is 2.85. The predicted molar refractivity (Wildman–Crippen MR) is 78.2 cm³/mol. The molecule has 21 heavy (non-hydrogen) atoms. The van der Waals surface area contributed by atoms with Crippen LogP contribution in [0.25, 0.3) is 10.9 Å². The summed E-state index contributed by atoms with van der Waals surface area (Å²) in [5.41, 5.74) is 2.29. The van der Waals surface area contributed by atoms with E-state index >= 15 is 0 Å². The third-order valence-electron chi connectivity index (χ3n) is 3.34. The molecule has 0 amide bonds. The van der Waals surface area contributed by atoms with Crippen molar-refractivity contribution in [2.75, 3.05) is 26.7 Å². The third kappa shape index (κ3) is 5.06. The first-order valence-electron chi connectivity index (χ1n) is 6.97. The highest BCUT2D eigenvalue weighted by Crippen LogP contribution is 2.17. The van der Waals surface area contributed by atoms with Crippen LogP contribution in [0.3, 0.4) is 0 Å². The first kappa shape index (κ1) is 15.9. The quantitative estimate of drug-likeness (QED) is 0.770. The van der Waals surface area contributed by atoms with Gasteiger partial charge in [-0.3, -0.25) is 4.90 Å². The van der Waals surface area contributed by atoms with Gasteiger partial charge in [0, 0.05) is 23.6 Å². The summed E-state index contributed by atoms with van der Waals surface area (Å²) in [6.45, 7) is 0.998. The summed E-state index contributed by atoms with van der Waals surface area (Å²) >= 11 is 0. The Labute approximate surface area is 122 Å². The van der Waals surface area contributed by atoms with Crippen molar-refractivity contribution in [1.82, 2.24) is 15.2 Å². The Hall–Kier alpha value is -1.53. The molecule has 0 saturated heterocycles. The topological polar surface area (TPSA) is 31.1 Å². The van der Waals surface area contributed by atoms with Gasteiger partial charge in [0.1, 0.15) is 0 Å². The molecule has 0 atom stereocenters. The Kier molecular flexibility index (Phi) is 5.25. The van der Waals surface area contributed by atoms with E-state index in [9.17, 15) is 13.2 Å². The monoisotopic (exact) mass is 299 g/mol. The van der Waals surface area contributed by atoms with Crippen LogP contribution in [0.4, 0.5) is 13.2 Å². The highest BCUT2D eigenvalue weighted by atomic mass is 19.4. The molecule has 0 spiro atoms. The molecule has 0 bridgehead atoms. The van der Waals surface area contributed by atoms with Crippen LogP contribution in [0.2, 0.25) is 0 Å². The van der Waals surface area contributed by atoms with Gasteiger partial charge in [0.25, 0.3) is 0 Å². The van der Waals surface area contributed by atoms with E-state index in [1.165, 1.54) is 22.9 Å². The number of benzene rings is 1. The first-order valence-corrected chi connectivity index (χ1v) is 6.97. The summed E-state index contributed by atoms with van der Waals surface area (Å²) in [7, 11) is 1.49. The Bertz CT molecular complexity index is 563. The van der Waals surface area contributed by atoms with Gasteiger partial charge in [0.15, 0.2) is 0 Å². The molecule has 1 aromatic carbocycles. The van der Waals surface area contributed by atoms with Crippen LogP contribution < -0.4 is 5.32 Å². The van der Waals surface area contributed by atoms with E-state index in [-0.39, 0.29) is 0 Å². The van der Waals surface area contributed by atoms with Crippen molar-refractivity contribution in [3.05, 3.63) is 36.0 Å². The van der Waals surface area contributed by atoms with Crippen molar-refractivity contribution in [3.63, 3.8) is 0 Å². The van der Waals surface area contributed by atoms with E-state index in [1.807, 2.05) is 24.4 Å². The number of nitrogens with zero attached hydrogens (tertiary/aromatic N) is 1. The summed E-state index contributed by atoms with van der Waals surface area (Å²) in [5, 5.41) is 4.46. The lowest BCUT2D eigenvalue weighted by Gasteiger charge is -2.18. The van der Waals surface area contributed by atoms with E-state index in [1.54, 1.807) is 0 Å². The number of fused-ring (bicyclic) bond motifs is 1. The normalized spacial score (nSPS) is 12.4. The van der Waals surface area contributed by atoms with Crippen molar-refractivity contribution in [2.24, 2.45) is 0 Å². The van der Waals surface area contributed by atoms with E-state index < -0.39 is 12.7 Å². The standard InChI is InChI=1S/C15H20F3N3/c1-21(11-15(16,17)18)9-3-7-19-10-12-4-2-5-14-13(12)6-8-20-14/h2,4-6,8,19-20H,3,7,9-11H2,1H3. The lowest BCUT2D eigenvalue weighted by molar-refractivity contribution is -0.143. The summed E-state index contributed by atoms with van der Waals surface area (Å²) in [4.78, 5) is 4.46. The molecule has 2 rings (SSSR count). The van der Waals surface area contributed by atoms with Crippen molar-refractivity contribution in [2.45, 2.75) is 19.1 Å². The van der Waals surface area contributed by atoms with E-state index in [4.69, 9.17) is 0 Å². The maximum absolute atomic E-state index is 12.2. The minimum Gasteiger partial charge on any atom is -0.361 e. The number of hydrogen-bond acceptors (Lipinski definition) is 2. The molecule has 0 aliphatic carbocycles. The summed E-state index contributed by atoms with van der Waals surface area (Å²) in [6.07, 6.45) is -1.53. The van der Waals surface area contributed by atoms with Crippen molar-refractivity contribution in [1.29, 1.82) is 0 Å². The molecule has 0 saturated carbocycles.